The predicted molar refractivity (Wildman–Crippen MR) is 75.5 cm³/mol. The summed E-state index contributed by atoms with van der Waals surface area (Å²) in [5, 5.41) is 2.20. The Balaban J connectivity index is 2.44. The third-order valence-electron chi connectivity index (χ3n) is 2.49. The molecule has 0 spiro atoms. The summed E-state index contributed by atoms with van der Waals surface area (Å²) >= 11 is 0.791. The molecule has 0 saturated carbocycles. The zero-order valence-electron chi connectivity index (χ0n) is 9.50. The van der Waals surface area contributed by atoms with Crippen molar-refractivity contribution < 1.29 is 9.59 Å². The summed E-state index contributed by atoms with van der Waals surface area (Å²) in [4.78, 5) is 21.8. The van der Waals surface area contributed by atoms with Crippen LogP contribution in [0.2, 0.25) is 0 Å². The Labute approximate surface area is 109 Å². The van der Waals surface area contributed by atoms with Crippen LogP contribution >= 0.6 is 11.8 Å². The van der Waals surface area contributed by atoms with Gasteiger partial charge in [-0.05, 0) is 40.2 Å². The highest BCUT2D eigenvalue weighted by Gasteiger charge is 2.05. The van der Waals surface area contributed by atoms with Crippen LogP contribution in [0.15, 0.2) is 47.4 Å². The number of hydrogen-bond donors (Lipinski definition) is 1. The van der Waals surface area contributed by atoms with E-state index in [-0.39, 0.29) is 4.91 Å². The molecule has 0 fully saturated rings. The first-order valence-corrected chi connectivity index (χ1v) is 6.19. The van der Waals surface area contributed by atoms with Gasteiger partial charge in [0.15, 0.2) is 5.62 Å². The summed E-state index contributed by atoms with van der Waals surface area (Å²) in [6.07, 6.45) is 1.62. The Bertz CT molecular complexity index is 634. The van der Waals surface area contributed by atoms with Crippen molar-refractivity contribution in [2.24, 2.45) is 5.73 Å². The standard InChI is InChI=1S/C14H11NO2S/c15-14(17)13(18-9-16)8-10-5-6-11-3-1-2-4-12(11)7-10/h1-9H,(H2,15,17)/b13-8-. The summed E-state index contributed by atoms with van der Waals surface area (Å²) in [5.41, 5.74) is 6.64. The highest BCUT2D eigenvalue weighted by atomic mass is 32.2. The van der Waals surface area contributed by atoms with Crippen LogP contribution in [0.4, 0.5) is 0 Å². The fourth-order valence-corrected chi connectivity index (χ4v) is 2.09. The Morgan fingerprint density at radius 2 is 1.83 bits per heavy atom. The normalized spacial score (nSPS) is 11.4. The average molecular weight is 257 g/mol. The van der Waals surface area contributed by atoms with E-state index in [4.69, 9.17) is 5.73 Å². The van der Waals surface area contributed by atoms with Crippen molar-refractivity contribution in [2.75, 3.05) is 0 Å². The number of carbonyl (C=O) groups excluding carboxylic acids is 2. The van der Waals surface area contributed by atoms with Crippen LogP contribution < -0.4 is 5.73 Å². The van der Waals surface area contributed by atoms with E-state index in [1.807, 2.05) is 42.5 Å². The van der Waals surface area contributed by atoms with Crippen LogP contribution in [0.5, 0.6) is 0 Å². The summed E-state index contributed by atoms with van der Waals surface area (Å²) < 4.78 is 0. The molecule has 0 aliphatic rings. The van der Waals surface area contributed by atoms with Gasteiger partial charge in [-0.3, -0.25) is 9.59 Å². The van der Waals surface area contributed by atoms with Crippen molar-refractivity contribution in [2.45, 2.75) is 0 Å². The van der Waals surface area contributed by atoms with Crippen LogP contribution in [-0.2, 0) is 9.59 Å². The van der Waals surface area contributed by atoms with Crippen molar-refractivity contribution in [3.8, 4) is 0 Å². The van der Waals surface area contributed by atoms with E-state index in [1.165, 1.54) is 0 Å². The second-order valence-corrected chi connectivity index (χ2v) is 4.56. The molecule has 2 N–H and O–H groups in total. The van der Waals surface area contributed by atoms with Crippen molar-refractivity contribution in [1.29, 1.82) is 0 Å². The molecule has 2 aromatic rings. The average Bonchev–Trinajstić information content (AvgIpc) is 2.38. The van der Waals surface area contributed by atoms with Gasteiger partial charge in [0.05, 0.1) is 4.91 Å². The number of hydrogen-bond acceptors (Lipinski definition) is 3. The summed E-state index contributed by atoms with van der Waals surface area (Å²) in [7, 11) is 0. The van der Waals surface area contributed by atoms with E-state index in [0.717, 1.165) is 28.1 Å². The van der Waals surface area contributed by atoms with Gasteiger partial charge in [0.2, 0.25) is 0 Å². The molecule has 90 valence electrons. The smallest absolute Gasteiger partial charge is 0.255 e. The highest BCUT2D eigenvalue weighted by molar-refractivity contribution is 8.16. The number of nitrogens with two attached hydrogens (primary N) is 1. The molecule has 2 aromatic carbocycles. The number of thioether (sulfide) groups is 1. The van der Waals surface area contributed by atoms with E-state index >= 15 is 0 Å². The van der Waals surface area contributed by atoms with Crippen LogP contribution in [0, 0.1) is 0 Å². The predicted octanol–water partition coefficient (Wildman–Crippen LogP) is 2.59. The Kier molecular flexibility index (Phi) is 3.79. The van der Waals surface area contributed by atoms with Crippen molar-refractivity contribution in [3.05, 3.63) is 52.9 Å². The largest absolute Gasteiger partial charge is 0.365 e. The number of rotatable bonds is 4. The molecule has 4 heteroatoms. The van der Waals surface area contributed by atoms with Crippen molar-refractivity contribution in [1.82, 2.24) is 0 Å². The molecule has 0 aromatic heterocycles. The molecule has 0 aliphatic carbocycles. The van der Waals surface area contributed by atoms with Crippen molar-refractivity contribution >= 4 is 40.1 Å². The van der Waals surface area contributed by atoms with Gasteiger partial charge in [0, 0.05) is 0 Å². The number of fused-ring (bicyclic) bond motifs is 1. The third kappa shape index (κ3) is 2.78. The lowest BCUT2D eigenvalue weighted by Gasteiger charge is -2.01. The summed E-state index contributed by atoms with van der Waals surface area (Å²) in [6.45, 7) is 0. The van der Waals surface area contributed by atoms with Crippen LogP contribution in [-0.4, -0.2) is 11.5 Å². The lowest BCUT2D eigenvalue weighted by atomic mass is 10.1. The first kappa shape index (κ1) is 12.4. The van der Waals surface area contributed by atoms with Gasteiger partial charge in [0.25, 0.3) is 5.91 Å². The molecule has 18 heavy (non-hydrogen) atoms. The molecule has 1 amide bonds. The lowest BCUT2D eigenvalue weighted by molar-refractivity contribution is -0.113. The van der Waals surface area contributed by atoms with Gasteiger partial charge in [-0.15, -0.1) is 0 Å². The zero-order valence-corrected chi connectivity index (χ0v) is 10.3. The Morgan fingerprint density at radius 3 is 2.50 bits per heavy atom. The number of carbonyl (C=O) groups is 2. The monoisotopic (exact) mass is 257 g/mol. The Hall–Kier alpha value is -2.07. The quantitative estimate of drug-likeness (QED) is 0.676. The van der Waals surface area contributed by atoms with E-state index in [0.29, 0.717) is 5.62 Å². The number of benzene rings is 2. The van der Waals surface area contributed by atoms with E-state index in [9.17, 15) is 9.59 Å². The summed E-state index contributed by atoms with van der Waals surface area (Å²) in [6, 6.07) is 13.7. The van der Waals surface area contributed by atoms with Gasteiger partial charge in [-0.2, -0.15) is 0 Å². The van der Waals surface area contributed by atoms with E-state index < -0.39 is 5.91 Å². The minimum absolute atomic E-state index is 0.236. The third-order valence-corrected chi connectivity index (χ3v) is 3.16. The number of amides is 1. The van der Waals surface area contributed by atoms with Gasteiger partial charge >= 0.3 is 0 Å². The van der Waals surface area contributed by atoms with Gasteiger partial charge in [0.1, 0.15) is 0 Å². The minimum atomic E-state index is -0.597. The van der Waals surface area contributed by atoms with Gasteiger partial charge in [-0.25, -0.2) is 0 Å². The molecular formula is C14H11NO2S. The molecule has 3 nitrogen and oxygen atoms in total. The van der Waals surface area contributed by atoms with Crippen LogP contribution in [0.3, 0.4) is 0 Å². The fraction of sp³-hybridized carbons (Fsp3) is 0. The summed E-state index contributed by atoms with van der Waals surface area (Å²) in [5.74, 6) is -0.597. The molecule has 2 rings (SSSR count). The van der Waals surface area contributed by atoms with Crippen molar-refractivity contribution in [3.63, 3.8) is 0 Å². The molecule has 0 heterocycles. The zero-order chi connectivity index (χ0) is 13.0. The lowest BCUT2D eigenvalue weighted by Crippen LogP contribution is -2.11. The maximum atomic E-state index is 11.1. The first-order valence-electron chi connectivity index (χ1n) is 5.31. The maximum Gasteiger partial charge on any atom is 0.255 e. The molecule has 0 unspecified atom stereocenters. The molecule has 0 aliphatic heterocycles. The number of primary amides is 1. The first-order chi connectivity index (χ1) is 8.70. The van der Waals surface area contributed by atoms with E-state index in [2.05, 4.69) is 0 Å². The van der Waals surface area contributed by atoms with Gasteiger partial charge in [-0.1, -0.05) is 36.4 Å². The van der Waals surface area contributed by atoms with E-state index in [1.54, 1.807) is 6.08 Å². The fourth-order valence-electron chi connectivity index (χ4n) is 1.66. The Morgan fingerprint density at radius 1 is 1.11 bits per heavy atom. The molecule has 0 atom stereocenters. The second-order valence-electron chi connectivity index (χ2n) is 3.69. The molecule has 0 radical (unpaired) electrons. The van der Waals surface area contributed by atoms with Gasteiger partial charge < -0.3 is 5.73 Å². The highest BCUT2D eigenvalue weighted by Crippen LogP contribution is 2.20. The molecule has 0 bridgehead atoms. The second kappa shape index (κ2) is 5.51. The minimum Gasteiger partial charge on any atom is -0.365 e. The van der Waals surface area contributed by atoms with Crippen LogP contribution in [0.25, 0.3) is 16.8 Å². The van der Waals surface area contributed by atoms with Crippen LogP contribution in [0.1, 0.15) is 5.56 Å². The SMILES string of the molecule is NC(=O)/C(=C/c1ccc2ccccc2c1)SC=O. The maximum absolute atomic E-state index is 11.1. The molecule has 0 saturated heterocycles. The topological polar surface area (TPSA) is 60.2 Å². The molecular weight excluding hydrogens is 246 g/mol.